The average molecular weight is 421 g/mol. The Kier molecular flexibility index (Phi) is 5.50. The summed E-state index contributed by atoms with van der Waals surface area (Å²) in [6.45, 7) is 4.79. The van der Waals surface area contributed by atoms with Gasteiger partial charge in [0.25, 0.3) is 0 Å². The predicted molar refractivity (Wildman–Crippen MR) is 96.8 cm³/mol. The number of fused-ring (bicyclic) bond motifs is 5. The molecule has 0 spiro atoms. The van der Waals surface area contributed by atoms with Crippen LogP contribution in [0.25, 0.3) is 0 Å². The maximum atomic E-state index is 6.04. The number of nitrogens with zero attached hydrogens (tertiary/aromatic N) is 2. The van der Waals surface area contributed by atoms with Gasteiger partial charge in [0.05, 0.1) is 18.8 Å². The topological polar surface area (TPSA) is 46.1 Å². The van der Waals surface area contributed by atoms with Crippen LogP contribution in [0.2, 0.25) is 0 Å². The second kappa shape index (κ2) is 7.21. The fourth-order valence-corrected chi connectivity index (χ4v) is 4.23. The lowest BCUT2D eigenvalue weighted by Crippen LogP contribution is -2.42. The van der Waals surface area contributed by atoms with Gasteiger partial charge in [-0.3, -0.25) is 4.99 Å². The van der Waals surface area contributed by atoms with E-state index in [1.807, 2.05) is 7.05 Å². The van der Waals surface area contributed by atoms with E-state index >= 15 is 0 Å². The molecule has 1 saturated carbocycles. The molecule has 0 amide bonds. The normalized spacial score (nSPS) is 36.4. The van der Waals surface area contributed by atoms with Crippen molar-refractivity contribution in [2.75, 3.05) is 39.9 Å². The minimum Gasteiger partial charge on any atom is -0.379 e. The molecule has 0 aromatic heterocycles. The van der Waals surface area contributed by atoms with Gasteiger partial charge in [0.1, 0.15) is 0 Å². The Morgan fingerprint density at radius 3 is 2.45 bits per heavy atom. The molecule has 126 valence electrons. The molecule has 1 aliphatic carbocycles. The van der Waals surface area contributed by atoms with E-state index in [4.69, 9.17) is 9.47 Å². The van der Waals surface area contributed by atoms with Crippen LogP contribution in [0, 0.1) is 17.8 Å². The Balaban J connectivity index is 0.00000144. The van der Waals surface area contributed by atoms with E-state index in [1.54, 1.807) is 0 Å². The van der Waals surface area contributed by atoms with Crippen LogP contribution in [0.3, 0.4) is 0 Å². The fraction of sp³-hybridized carbons (Fsp3) is 0.938. The Hall–Kier alpha value is -0.0800. The first kappa shape index (κ1) is 16.8. The molecular formula is C16H28IN3O2. The zero-order valence-corrected chi connectivity index (χ0v) is 15.7. The lowest BCUT2D eigenvalue weighted by atomic mass is 9.82. The summed E-state index contributed by atoms with van der Waals surface area (Å²) in [5, 5.41) is 3.45. The van der Waals surface area contributed by atoms with Crippen LogP contribution in [-0.4, -0.2) is 63.0 Å². The van der Waals surface area contributed by atoms with Crippen molar-refractivity contribution in [2.24, 2.45) is 22.7 Å². The maximum absolute atomic E-state index is 6.04. The van der Waals surface area contributed by atoms with Crippen molar-refractivity contribution in [2.45, 2.75) is 37.9 Å². The van der Waals surface area contributed by atoms with E-state index in [1.165, 1.54) is 25.7 Å². The summed E-state index contributed by atoms with van der Waals surface area (Å²) >= 11 is 0. The molecule has 2 bridgehead atoms. The lowest BCUT2D eigenvalue weighted by molar-refractivity contribution is 0.0766. The van der Waals surface area contributed by atoms with Crippen LogP contribution in [-0.2, 0) is 9.47 Å². The smallest absolute Gasteiger partial charge is 0.193 e. The van der Waals surface area contributed by atoms with Gasteiger partial charge < -0.3 is 19.7 Å². The first-order chi connectivity index (χ1) is 10.3. The second-order valence-corrected chi connectivity index (χ2v) is 7.02. The summed E-state index contributed by atoms with van der Waals surface area (Å²) in [5.74, 6) is 3.35. The molecule has 3 aliphatic heterocycles. The fourth-order valence-electron chi connectivity index (χ4n) is 4.23. The third kappa shape index (κ3) is 3.38. The Morgan fingerprint density at radius 2 is 1.86 bits per heavy atom. The molecule has 3 heterocycles. The first-order valence-electron chi connectivity index (χ1n) is 8.54. The van der Waals surface area contributed by atoms with Gasteiger partial charge in [-0.15, -0.1) is 24.0 Å². The quantitative estimate of drug-likeness (QED) is 0.318. The zero-order valence-electron chi connectivity index (χ0n) is 13.4. The highest BCUT2D eigenvalue weighted by atomic mass is 127. The van der Waals surface area contributed by atoms with Gasteiger partial charge in [0.15, 0.2) is 5.96 Å². The third-order valence-corrected chi connectivity index (χ3v) is 5.54. The minimum atomic E-state index is 0. The number of guanidine groups is 1. The Bertz CT molecular complexity index is 398. The molecule has 4 fully saturated rings. The summed E-state index contributed by atoms with van der Waals surface area (Å²) in [6.07, 6.45) is 6.28. The number of halogens is 1. The molecule has 1 N–H and O–H groups in total. The highest BCUT2D eigenvalue weighted by Crippen LogP contribution is 2.47. The average Bonchev–Trinajstić information content (AvgIpc) is 2.92. The zero-order chi connectivity index (χ0) is 14.2. The second-order valence-electron chi connectivity index (χ2n) is 7.02. The number of hydrogen-bond donors (Lipinski definition) is 1. The van der Waals surface area contributed by atoms with Crippen molar-refractivity contribution in [3.63, 3.8) is 0 Å². The van der Waals surface area contributed by atoms with E-state index in [0.29, 0.717) is 12.2 Å². The van der Waals surface area contributed by atoms with Crippen LogP contribution in [0.4, 0.5) is 0 Å². The summed E-state index contributed by atoms with van der Waals surface area (Å²) in [4.78, 5) is 6.87. The number of rotatable bonds is 5. The molecule has 4 rings (SSSR count). The molecule has 4 aliphatic rings. The summed E-state index contributed by atoms with van der Waals surface area (Å²) in [5.41, 5.74) is 0. The van der Waals surface area contributed by atoms with Crippen LogP contribution >= 0.6 is 24.0 Å². The van der Waals surface area contributed by atoms with Gasteiger partial charge in [-0.1, -0.05) is 0 Å². The van der Waals surface area contributed by atoms with Crippen LogP contribution in [0.5, 0.6) is 0 Å². The van der Waals surface area contributed by atoms with Gasteiger partial charge >= 0.3 is 0 Å². The third-order valence-electron chi connectivity index (χ3n) is 5.54. The van der Waals surface area contributed by atoms with Crippen molar-refractivity contribution in [1.82, 2.24) is 10.2 Å². The largest absolute Gasteiger partial charge is 0.379 e. The molecule has 0 radical (unpaired) electrons. The molecule has 6 heteroatoms. The summed E-state index contributed by atoms with van der Waals surface area (Å²) < 4.78 is 11.7. The number of aliphatic imine (C=N–C) groups is 1. The monoisotopic (exact) mass is 421 g/mol. The SMILES string of the molecule is CN=C(NCCOCC1CC1)N1CC2C3CCC(O3)C2C1.I. The Morgan fingerprint density at radius 1 is 1.18 bits per heavy atom. The maximum Gasteiger partial charge on any atom is 0.193 e. The van der Waals surface area contributed by atoms with E-state index in [2.05, 4.69) is 15.2 Å². The van der Waals surface area contributed by atoms with Crippen molar-refractivity contribution in [3.05, 3.63) is 0 Å². The number of nitrogens with one attached hydrogen (secondary N) is 1. The molecule has 22 heavy (non-hydrogen) atoms. The van der Waals surface area contributed by atoms with Crippen molar-refractivity contribution >= 4 is 29.9 Å². The van der Waals surface area contributed by atoms with Gasteiger partial charge in [-0.2, -0.15) is 0 Å². The van der Waals surface area contributed by atoms with E-state index in [-0.39, 0.29) is 24.0 Å². The molecule has 4 atom stereocenters. The number of hydrogen-bond acceptors (Lipinski definition) is 3. The summed E-state index contributed by atoms with van der Waals surface area (Å²) in [7, 11) is 1.88. The molecule has 5 nitrogen and oxygen atoms in total. The highest BCUT2D eigenvalue weighted by Gasteiger charge is 2.53. The first-order valence-corrected chi connectivity index (χ1v) is 8.54. The van der Waals surface area contributed by atoms with E-state index in [9.17, 15) is 0 Å². The van der Waals surface area contributed by atoms with Crippen LogP contribution < -0.4 is 5.32 Å². The molecule has 0 aromatic rings. The highest BCUT2D eigenvalue weighted by molar-refractivity contribution is 14.0. The standard InChI is InChI=1S/C16H27N3O2.HI/c1-17-16(18-6-7-20-10-11-2-3-11)19-8-12-13(9-19)15-5-4-14(12)21-15;/h11-15H,2-10H2,1H3,(H,17,18);1H. The molecule has 0 aromatic carbocycles. The number of ether oxygens (including phenoxy) is 2. The molecule has 4 unspecified atom stereocenters. The van der Waals surface area contributed by atoms with Gasteiger partial charge in [0.2, 0.25) is 0 Å². The van der Waals surface area contributed by atoms with E-state index < -0.39 is 0 Å². The van der Waals surface area contributed by atoms with E-state index in [0.717, 1.165) is 56.6 Å². The van der Waals surface area contributed by atoms with Crippen LogP contribution in [0.15, 0.2) is 4.99 Å². The Labute approximate surface area is 150 Å². The predicted octanol–water partition coefficient (Wildman–Crippen LogP) is 1.72. The number of likely N-dealkylation sites (tertiary alicyclic amines) is 1. The van der Waals surface area contributed by atoms with Crippen molar-refractivity contribution in [1.29, 1.82) is 0 Å². The van der Waals surface area contributed by atoms with Crippen LogP contribution in [0.1, 0.15) is 25.7 Å². The van der Waals surface area contributed by atoms with Gasteiger partial charge in [0, 0.05) is 45.1 Å². The van der Waals surface area contributed by atoms with Gasteiger partial charge in [-0.25, -0.2) is 0 Å². The molecular weight excluding hydrogens is 393 g/mol. The van der Waals surface area contributed by atoms with Crippen molar-refractivity contribution < 1.29 is 9.47 Å². The lowest BCUT2D eigenvalue weighted by Gasteiger charge is -2.23. The summed E-state index contributed by atoms with van der Waals surface area (Å²) in [6, 6.07) is 0. The molecule has 3 saturated heterocycles. The minimum absolute atomic E-state index is 0. The van der Waals surface area contributed by atoms with Gasteiger partial charge in [-0.05, 0) is 31.6 Å². The van der Waals surface area contributed by atoms with Crippen molar-refractivity contribution in [3.8, 4) is 0 Å².